The molecule has 0 saturated heterocycles. The van der Waals surface area contributed by atoms with Crippen molar-refractivity contribution in [2.24, 2.45) is 0 Å². The molecule has 2 aromatic rings. The van der Waals surface area contributed by atoms with Crippen molar-refractivity contribution in [3.63, 3.8) is 0 Å². The third-order valence-corrected chi connectivity index (χ3v) is 4.66. The van der Waals surface area contributed by atoms with Crippen LogP contribution >= 0.6 is 15.9 Å². The van der Waals surface area contributed by atoms with Gasteiger partial charge in [0.05, 0.1) is 10.2 Å². The number of hydrogen-bond acceptors (Lipinski definition) is 2. The van der Waals surface area contributed by atoms with Crippen LogP contribution in [-0.2, 0) is 10.2 Å². The molecular formula is C20H24BrNO. The molecule has 3 heteroatoms. The van der Waals surface area contributed by atoms with Gasteiger partial charge in [0, 0.05) is 0 Å². The zero-order chi connectivity index (χ0) is 16.9. The highest BCUT2D eigenvalue weighted by Crippen LogP contribution is 2.39. The highest BCUT2D eigenvalue weighted by atomic mass is 79.9. The maximum absolute atomic E-state index is 13.3. The molecule has 0 spiro atoms. The van der Waals surface area contributed by atoms with Gasteiger partial charge in [-0.1, -0.05) is 76.6 Å². The van der Waals surface area contributed by atoms with Gasteiger partial charge in [-0.3, -0.25) is 4.79 Å². The van der Waals surface area contributed by atoms with Crippen molar-refractivity contribution in [3.05, 3.63) is 71.8 Å². The predicted octanol–water partition coefficient (Wildman–Crippen LogP) is 4.28. The number of halogens is 1. The highest BCUT2D eigenvalue weighted by molar-refractivity contribution is 9.10. The maximum Gasteiger partial charge on any atom is 0.161 e. The van der Waals surface area contributed by atoms with Crippen LogP contribution in [0.5, 0.6) is 0 Å². The number of benzene rings is 2. The molecule has 0 saturated carbocycles. The summed E-state index contributed by atoms with van der Waals surface area (Å²) in [6.07, 6.45) is 0.753. The number of carbonyl (C=O) groups excluding carboxylic acids is 1. The quantitative estimate of drug-likeness (QED) is 0.675. The van der Waals surface area contributed by atoms with Crippen LogP contribution in [0.1, 0.15) is 24.5 Å². The number of alkyl halides is 1. The minimum absolute atomic E-state index is 0.204. The van der Waals surface area contributed by atoms with Crippen molar-refractivity contribution in [2.75, 3.05) is 20.6 Å². The normalized spacial score (nSPS) is 13.1. The van der Waals surface area contributed by atoms with E-state index < -0.39 is 5.41 Å². The zero-order valence-electron chi connectivity index (χ0n) is 14.0. The first kappa shape index (κ1) is 17.9. The first-order chi connectivity index (χ1) is 11.0. The van der Waals surface area contributed by atoms with Gasteiger partial charge < -0.3 is 4.90 Å². The Hall–Kier alpha value is -1.45. The molecule has 2 aromatic carbocycles. The Balaban J connectivity index is 2.65. The van der Waals surface area contributed by atoms with Gasteiger partial charge in [0.1, 0.15) is 0 Å². The lowest BCUT2D eigenvalue weighted by Gasteiger charge is -2.35. The minimum Gasteiger partial charge on any atom is -0.309 e. The van der Waals surface area contributed by atoms with Crippen LogP contribution < -0.4 is 0 Å². The first-order valence-corrected chi connectivity index (χ1v) is 8.84. The van der Waals surface area contributed by atoms with Crippen molar-refractivity contribution in [2.45, 2.75) is 23.6 Å². The number of rotatable bonds is 7. The number of ketones is 1. The lowest BCUT2D eigenvalue weighted by atomic mass is 9.68. The van der Waals surface area contributed by atoms with Gasteiger partial charge in [0.15, 0.2) is 5.78 Å². The van der Waals surface area contributed by atoms with Gasteiger partial charge >= 0.3 is 0 Å². The number of nitrogens with zero attached hydrogens (tertiary/aromatic N) is 1. The average molecular weight is 374 g/mol. The van der Waals surface area contributed by atoms with Gasteiger partial charge in [0.25, 0.3) is 0 Å². The summed E-state index contributed by atoms with van der Waals surface area (Å²) in [4.78, 5) is 15.2. The van der Waals surface area contributed by atoms with Crippen molar-refractivity contribution in [1.29, 1.82) is 0 Å². The van der Waals surface area contributed by atoms with E-state index in [1.807, 2.05) is 57.4 Å². The van der Waals surface area contributed by atoms with Gasteiger partial charge in [-0.2, -0.15) is 0 Å². The summed E-state index contributed by atoms with van der Waals surface area (Å²) >= 11 is 3.51. The summed E-state index contributed by atoms with van der Waals surface area (Å²) in [5.41, 5.74) is 1.49. The molecular weight excluding hydrogens is 350 g/mol. The standard InChI is InChI=1S/C20H24BrNO/c1-16(21)19(23)20(14-15-22(2)3,17-10-6-4-7-11-17)18-12-8-5-9-13-18/h4-13,16H,14-15H2,1-3H3/t16-/m1/s1. The molecule has 0 aliphatic heterocycles. The smallest absolute Gasteiger partial charge is 0.161 e. The van der Waals surface area contributed by atoms with E-state index >= 15 is 0 Å². The summed E-state index contributed by atoms with van der Waals surface area (Å²) < 4.78 is 0. The van der Waals surface area contributed by atoms with Gasteiger partial charge in [-0.25, -0.2) is 0 Å². The summed E-state index contributed by atoms with van der Waals surface area (Å²) in [6, 6.07) is 20.3. The minimum atomic E-state index is -0.629. The van der Waals surface area contributed by atoms with Crippen molar-refractivity contribution in [1.82, 2.24) is 4.90 Å². The van der Waals surface area contributed by atoms with Gasteiger partial charge in [0.2, 0.25) is 0 Å². The Labute approximate surface area is 147 Å². The molecule has 0 N–H and O–H groups in total. The van der Waals surface area contributed by atoms with Crippen LogP contribution in [0, 0.1) is 0 Å². The number of hydrogen-bond donors (Lipinski definition) is 0. The van der Waals surface area contributed by atoms with Gasteiger partial charge in [-0.05, 0) is 45.1 Å². The van der Waals surface area contributed by atoms with E-state index in [1.54, 1.807) is 0 Å². The van der Waals surface area contributed by atoms with Gasteiger partial charge in [-0.15, -0.1) is 0 Å². The van der Waals surface area contributed by atoms with Crippen molar-refractivity contribution >= 4 is 21.7 Å². The zero-order valence-corrected chi connectivity index (χ0v) is 15.6. The fraction of sp³-hybridized carbons (Fsp3) is 0.350. The fourth-order valence-electron chi connectivity index (χ4n) is 3.04. The Bertz CT molecular complexity index is 583. The molecule has 122 valence electrons. The molecule has 23 heavy (non-hydrogen) atoms. The number of Topliss-reactive ketones (excluding diaryl/α,β-unsaturated/α-hetero) is 1. The van der Waals surface area contributed by atoms with E-state index in [-0.39, 0.29) is 10.6 Å². The second-order valence-electron chi connectivity index (χ2n) is 6.17. The largest absolute Gasteiger partial charge is 0.309 e. The second kappa shape index (κ2) is 7.89. The Morgan fingerprint density at radius 3 is 1.78 bits per heavy atom. The van der Waals surface area contributed by atoms with Crippen LogP contribution in [0.2, 0.25) is 0 Å². The van der Waals surface area contributed by atoms with Crippen LogP contribution in [0.4, 0.5) is 0 Å². The molecule has 0 unspecified atom stereocenters. The Morgan fingerprint density at radius 1 is 1.00 bits per heavy atom. The number of carbonyl (C=O) groups is 1. The Morgan fingerprint density at radius 2 is 1.43 bits per heavy atom. The average Bonchev–Trinajstić information content (AvgIpc) is 2.57. The molecule has 2 nitrogen and oxygen atoms in total. The molecule has 0 heterocycles. The van der Waals surface area contributed by atoms with Crippen molar-refractivity contribution in [3.8, 4) is 0 Å². The lowest BCUT2D eigenvalue weighted by Crippen LogP contribution is -2.43. The molecule has 0 radical (unpaired) electrons. The van der Waals surface area contributed by atoms with Crippen LogP contribution in [-0.4, -0.2) is 36.2 Å². The van der Waals surface area contributed by atoms with E-state index in [9.17, 15) is 4.79 Å². The SMILES string of the molecule is C[C@@H](Br)C(=O)C(CCN(C)C)(c1ccccc1)c1ccccc1. The second-order valence-corrected chi connectivity index (χ2v) is 7.54. The molecule has 0 aliphatic carbocycles. The van der Waals surface area contributed by atoms with E-state index in [0.29, 0.717) is 0 Å². The lowest BCUT2D eigenvalue weighted by molar-refractivity contribution is -0.122. The van der Waals surface area contributed by atoms with E-state index in [2.05, 4.69) is 45.1 Å². The van der Waals surface area contributed by atoms with Crippen LogP contribution in [0.15, 0.2) is 60.7 Å². The molecule has 2 rings (SSSR count). The summed E-state index contributed by atoms with van der Waals surface area (Å²) in [7, 11) is 4.09. The summed E-state index contributed by atoms with van der Waals surface area (Å²) in [6.45, 7) is 2.76. The Kier molecular flexibility index (Phi) is 6.14. The molecule has 0 bridgehead atoms. The fourth-order valence-corrected chi connectivity index (χ4v) is 3.43. The van der Waals surface area contributed by atoms with E-state index in [0.717, 1.165) is 24.1 Å². The molecule has 0 aliphatic rings. The highest BCUT2D eigenvalue weighted by Gasteiger charge is 2.42. The molecule has 0 fully saturated rings. The first-order valence-electron chi connectivity index (χ1n) is 7.92. The molecule has 1 atom stereocenters. The molecule has 0 aromatic heterocycles. The third-order valence-electron chi connectivity index (χ3n) is 4.25. The van der Waals surface area contributed by atoms with E-state index in [4.69, 9.17) is 0 Å². The van der Waals surface area contributed by atoms with Crippen molar-refractivity contribution < 1.29 is 4.79 Å². The van der Waals surface area contributed by atoms with Crippen LogP contribution in [0.25, 0.3) is 0 Å². The summed E-state index contributed by atoms with van der Waals surface area (Å²) in [5, 5.41) is 0. The molecule has 0 amide bonds. The van der Waals surface area contributed by atoms with E-state index in [1.165, 1.54) is 0 Å². The predicted molar refractivity (Wildman–Crippen MR) is 100 cm³/mol. The monoisotopic (exact) mass is 373 g/mol. The third kappa shape index (κ3) is 3.91. The topological polar surface area (TPSA) is 20.3 Å². The summed E-state index contributed by atoms with van der Waals surface area (Å²) in [5.74, 6) is 0.205. The maximum atomic E-state index is 13.3. The van der Waals surface area contributed by atoms with Crippen LogP contribution in [0.3, 0.4) is 0 Å².